The minimum absolute atomic E-state index is 0.0165. The number of fused-ring (bicyclic) bond motifs is 1. The van der Waals surface area contributed by atoms with Gasteiger partial charge in [0.05, 0.1) is 12.7 Å². The van der Waals surface area contributed by atoms with E-state index in [4.69, 9.17) is 20.4 Å². The summed E-state index contributed by atoms with van der Waals surface area (Å²) in [6.45, 7) is 2.00. The molecule has 0 amide bonds. The van der Waals surface area contributed by atoms with Crippen molar-refractivity contribution in [2.45, 2.75) is 19.4 Å². The molecule has 0 fully saturated rings. The van der Waals surface area contributed by atoms with Gasteiger partial charge < -0.3 is 20.4 Å². The first-order valence-corrected chi connectivity index (χ1v) is 5.01. The zero-order valence-electron chi connectivity index (χ0n) is 9.23. The minimum Gasteiger partial charge on any atom is -0.496 e. The Hall–Kier alpha value is -1.91. The second-order valence-electron chi connectivity index (χ2n) is 3.78. The molecule has 0 radical (unpaired) electrons. The number of nitrogens with zero attached hydrogens (tertiary/aromatic N) is 1. The second-order valence-corrected chi connectivity index (χ2v) is 3.78. The maximum atomic E-state index is 8.68. The first-order valence-electron chi connectivity index (χ1n) is 5.01. The van der Waals surface area contributed by atoms with Crippen LogP contribution in [0.25, 0.3) is 0 Å². The summed E-state index contributed by atoms with van der Waals surface area (Å²) in [4.78, 5) is 0. The lowest BCUT2D eigenvalue weighted by Gasteiger charge is -2.09. The van der Waals surface area contributed by atoms with Crippen LogP contribution in [0.5, 0.6) is 11.5 Å². The van der Waals surface area contributed by atoms with E-state index in [2.05, 4.69) is 5.16 Å². The van der Waals surface area contributed by atoms with Crippen molar-refractivity contribution >= 4 is 5.84 Å². The first kappa shape index (κ1) is 10.6. The molecule has 1 atom stereocenters. The maximum absolute atomic E-state index is 8.68. The number of oxime groups is 1. The van der Waals surface area contributed by atoms with E-state index in [1.807, 2.05) is 13.0 Å². The van der Waals surface area contributed by atoms with E-state index in [0.29, 0.717) is 11.3 Å². The van der Waals surface area contributed by atoms with Crippen molar-refractivity contribution in [2.24, 2.45) is 10.9 Å². The lowest BCUT2D eigenvalue weighted by molar-refractivity contribution is 0.254. The van der Waals surface area contributed by atoms with Crippen LogP contribution in [-0.4, -0.2) is 24.3 Å². The third kappa shape index (κ3) is 1.64. The van der Waals surface area contributed by atoms with Gasteiger partial charge in [0.2, 0.25) is 0 Å². The maximum Gasteiger partial charge on any atom is 0.173 e. The quantitative estimate of drug-likeness (QED) is 0.340. The molecule has 16 heavy (non-hydrogen) atoms. The molecule has 0 saturated heterocycles. The number of hydrogen-bond donors (Lipinski definition) is 2. The van der Waals surface area contributed by atoms with Crippen LogP contribution in [0.1, 0.15) is 18.1 Å². The number of benzene rings is 1. The predicted molar refractivity (Wildman–Crippen MR) is 59.3 cm³/mol. The van der Waals surface area contributed by atoms with Crippen molar-refractivity contribution in [3.63, 3.8) is 0 Å². The van der Waals surface area contributed by atoms with Gasteiger partial charge in [-0.1, -0.05) is 5.16 Å². The number of methoxy groups -OCH3 is 1. The normalized spacial score (nSPS) is 19.1. The molecule has 1 aromatic rings. The van der Waals surface area contributed by atoms with Gasteiger partial charge in [0.1, 0.15) is 17.6 Å². The van der Waals surface area contributed by atoms with Crippen LogP contribution in [0.3, 0.4) is 0 Å². The Labute approximate surface area is 93.5 Å². The zero-order chi connectivity index (χ0) is 11.7. The van der Waals surface area contributed by atoms with Crippen LogP contribution < -0.4 is 15.2 Å². The summed E-state index contributed by atoms with van der Waals surface area (Å²) in [5.74, 6) is 1.38. The lowest BCUT2D eigenvalue weighted by Crippen LogP contribution is -2.14. The Morgan fingerprint density at radius 3 is 3.00 bits per heavy atom. The predicted octanol–water partition coefficient (Wildman–Crippen LogP) is 1.11. The van der Waals surface area contributed by atoms with Gasteiger partial charge in [0, 0.05) is 12.0 Å². The molecular weight excluding hydrogens is 208 g/mol. The summed E-state index contributed by atoms with van der Waals surface area (Å²) < 4.78 is 10.8. The molecule has 5 nitrogen and oxygen atoms in total. The van der Waals surface area contributed by atoms with E-state index in [1.54, 1.807) is 13.2 Å². The van der Waals surface area contributed by atoms with Crippen molar-refractivity contribution in [1.82, 2.24) is 0 Å². The van der Waals surface area contributed by atoms with Gasteiger partial charge in [-0.15, -0.1) is 0 Å². The molecule has 3 N–H and O–H groups in total. The third-order valence-corrected chi connectivity index (χ3v) is 2.60. The fourth-order valence-corrected chi connectivity index (χ4v) is 1.86. The molecular formula is C11H14N2O3. The van der Waals surface area contributed by atoms with Crippen LogP contribution in [0.4, 0.5) is 0 Å². The van der Waals surface area contributed by atoms with Crippen LogP contribution in [0.15, 0.2) is 17.3 Å². The Kier molecular flexibility index (Phi) is 2.60. The first-order chi connectivity index (χ1) is 7.65. The van der Waals surface area contributed by atoms with Gasteiger partial charge in [-0.3, -0.25) is 0 Å². The van der Waals surface area contributed by atoms with Gasteiger partial charge >= 0.3 is 0 Å². The molecule has 0 bridgehead atoms. The Morgan fingerprint density at radius 2 is 2.38 bits per heavy atom. The van der Waals surface area contributed by atoms with Gasteiger partial charge in [0.15, 0.2) is 5.84 Å². The molecule has 0 aliphatic carbocycles. The summed E-state index contributed by atoms with van der Waals surface area (Å²) in [6, 6.07) is 3.61. The minimum atomic E-state index is 0.0165. The summed E-state index contributed by atoms with van der Waals surface area (Å²) in [6.07, 6.45) is 1.00. The van der Waals surface area contributed by atoms with Crippen LogP contribution in [0, 0.1) is 0 Å². The number of amidine groups is 1. The fraction of sp³-hybridized carbons (Fsp3) is 0.364. The molecule has 1 aliphatic rings. The molecule has 86 valence electrons. The van der Waals surface area contributed by atoms with E-state index < -0.39 is 0 Å². The summed E-state index contributed by atoms with van der Waals surface area (Å²) in [5.41, 5.74) is 7.19. The summed E-state index contributed by atoms with van der Waals surface area (Å²) in [5, 5.41) is 11.6. The van der Waals surface area contributed by atoms with Gasteiger partial charge in [-0.05, 0) is 19.1 Å². The van der Waals surface area contributed by atoms with Crippen LogP contribution in [-0.2, 0) is 6.42 Å². The standard InChI is InChI=1S/C11H14N2O3/c1-6-3-7-4-10(15-2)8(11(12)13-14)5-9(7)16-6/h4-6,14H,3H2,1-2H3,(H2,12,13). The highest BCUT2D eigenvalue weighted by molar-refractivity contribution is 6.00. The van der Waals surface area contributed by atoms with Crippen molar-refractivity contribution in [3.05, 3.63) is 23.3 Å². The number of nitrogens with two attached hydrogens (primary N) is 1. The number of ether oxygens (including phenoxy) is 2. The molecule has 0 aromatic heterocycles. The Balaban J connectivity index is 2.51. The molecule has 1 aromatic carbocycles. The molecule has 2 rings (SSSR count). The van der Waals surface area contributed by atoms with Gasteiger partial charge in [-0.25, -0.2) is 0 Å². The molecule has 0 spiro atoms. The van der Waals surface area contributed by atoms with E-state index in [9.17, 15) is 0 Å². The van der Waals surface area contributed by atoms with Crippen molar-refractivity contribution in [3.8, 4) is 11.5 Å². The monoisotopic (exact) mass is 222 g/mol. The average Bonchev–Trinajstić information content (AvgIpc) is 2.65. The van der Waals surface area contributed by atoms with Gasteiger partial charge in [-0.2, -0.15) is 0 Å². The van der Waals surface area contributed by atoms with E-state index in [1.165, 1.54) is 0 Å². The molecule has 1 heterocycles. The molecule has 0 saturated carbocycles. The number of rotatable bonds is 2. The fourth-order valence-electron chi connectivity index (χ4n) is 1.86. The third-order valence-electron chi connectivity index (χ3n) is 2.60. The Morgan fingerprint density at radius 1 is 1.62 bits per heavy atom. The number of hydrogen-bond acceptors (Lipinski definition) is 4. The summed E-state index contributed by atoms with van der Waals surface area (Å²) >= 11 is 0. The Bertz CT molecular complexity index is 443. The van der Waals surface area contributed by atoms with E-state index >= 15 is 0 Å². The van der Waals surface area contributed by atoms with E-state index in [-0.39, 0.29) is 11.9 Å². The van der Waals surface area contributed by atoms with E-state index in [0.717, 1.165) is 17.7 Å². The highest BCUT2D eigenvalue weighted by Gasteiger charge is 2.22. The lowest BCUT2D eigenvalue weighted by atomic mass is 10.1. The van der Waals surface area contributed by atoms with Crippen molar-refractivity contribution < 1.29 is 14.7 Å². The average molecular weight is 222 g/mol. The summed E-state index contributed by atoms with van der Waals surface area (Å²) in [7, 11) is 1.55. The SMILES string of the molecule is COc1cc2c(cc1/C(N)=N/O)OC(C)C2. The molecule has 1 unspecified atom stereocenters. The largest absolute Gasteiger partial charge is 0.496 e. The topological polar surface area (TPSA) is 77.1 Å². The highest BCUT2D eigenvalue weighted by atomic mass is 16.5. The van der Waals surface area contributed by atoms with Crippen molar-refractivity contribution in [2.75, 3.05) is 7.11 Å². The van der Waals surface area contributed by atoms with Crippen molar-refractivity contribution in [1.29, 1.82) is 0 Å². The zero-order valence-corrected chi connectivity index (χ0v) is 9.23. The van der Waals surface area contributed by atoms with Crippen LogP contribution in [0.2, 0.25) is 0 Å². The smallest absolute Gasteiger partial charge is 0.173 e. The second kappa shape index (κ2) is 3.92. The highest BCUT2D eigenvalue weighted by Crippen LogP contribution is 2.34. The molecule has 1 aliphatic heterocycles. The molecule has 5 heteroatoms. The van der Waals surface area contributed by atoms with Gasteiger partial charge in [0.25, 0.3) is 0 Å². The van der Waals surface area contributed by atoms with Crippen LogP contribution >= 0.6 is 0 Å².